The predicted octanol–water partition coefficient (Wildman–Crippen LogP) is 4.05. The molecule has 0 saturated heterocycles. The van der Waals surface area contributed by atoms with E-state index in [4.69, 9.17) is 9.40 Å². The van der Waals surface area contributed by atoms with Crippen LogP contribution < -0.4 is 5.32 Å². The maximum atomic E-state index is 13.1. The van der Waals surface area contributed by atoms with Gasteiger partial charge in [-0.3, -0.25) is 9.78 Å². The molecule has 0 aromatic carbocycles. The van der Waals surface area contributed by atoms with E-state index in [0.717, 1.165) is 16.7 Å². The summed E-state index contributed by atoms with van der Waals surface area (Å²) in [6.07, 6.45) is 11.7. The number of amides is 1. The topological polar surface area (TPSA) is 85.8 Å². The van der Waals surface area contributed by atoms with Crippen LogP contribution in [0.15, 0.2) is 59.6 Å². The summed E-state index contributed by atoms with van der Waals surface area (Å²) in [7, 11) is 0. The fourth-order valence-electron chi connectivity index (χ4n) is 4.11. The lowest BCUT2D eigenvalue weighted by atomic mass is 10.1. The highest BCUT2D eigenvalue weighted by Crippen LogP contribution is 2.26. The SMILES string of the molecule is O=C(NCC1CCCC1)c1cc(-c2cccnc2)nc2c1cnn2Cc1ccco1. The zero-order valence-corrected chi connectivity index (χ0v) is 16.6. The Bertz CT molecular complexity index is 1150. The fraction of sp³-hybridized carbons (Fsp3) is 0.304. The van der Waals surface area contributed by atoms with E-state index in [1.807, 2.05) is 30.3 Å². The molecule has 0 spiro atoms. The molecule has 1 saturated carbocycles. The molecule has 0 atom stereocenters. The summed E-state index contributed by atoms with van der Waals surface area (Å²) in [5, 5.41) is 8.35. The van der Waals surface area contributed by atoms with Crippen molar-refractivity contribution >= 4 is 16.9 Å². The quantitative estimate of drug-likeness (QED) is 0.527. The highest BCUT2D eigenvalue weighted by Gasteiger charge is 2.20. The van der Waals surface area contributed by atoms with Gasteiger partial charge in [0.05, 0.1) is 29.1 Å². The standard InChI is InChI=1S/C23H23N5O2/c29-23(25-12-16-5-1-2-6-16)19-11-21(17-7-3-9-24-13-17)27-22-20(19)14-26-28(22)15-18-8-4-10-30-18/h3-4,7-11,13-14,16H,1-2,5-6,12,15H2,(H,25,29). The molecule has 4 aromatic heterocycles. The van der Waals surface area contributed by atoms with E-state index in [9.17, 15) is 4.79 Å². The maximum Gasteiger partial charge on any atom is 0.252 e. The van der Waals surface area contributed by atoms with Crippen molar-refractivity contribution in [2.24, 2.45) is 5.92 Å². The third-order valence-electron chi connectivity index (χ3n) is 5.72. The molecule has 7 heteroatoms. The van der Waals surface area contributed by atoms with E-state index in [-0.39, 0.29) is 5.91 Å². The first kappa shape index (κ1) is 18.5. The maximum absolute atomic E-state index is 13.1. The monoisotopic (exact) mass is 401 g/mol. The lowest BCUT2D eigenvalue weighted by Crippen LogP contribution is -2.28. The molecular formula is C23H23N5O2. The Morgan fingerprint density at radius 2 is 2.10 bits per heavy atom. The van der Waals surface area contributed by atoms with Crippen LogP contribution in [-0.2, 0) is 6.54 Å². The van der Waals surface area contributed by atoms with Crippen LogP contribution >= 0.6 is 0 Å². The lowest BCUT2D eigenvalue weighted by molar-refractivity contribution is 0.0949. The van der Waals surface area contributed by atoms with E-state index < -0.39 is 0 Å². The van der Waals surface area contributed by atoms with Gasteiger partial charge in [-0.1, -0.05) is 12.8 Å². The number of hydrogen-bond donors (Lipinski definition) is 1. The van der Waals surface area contributed by atoms with Crippen LogP contribution in [0.2, 0.25) is 0 Å². The van der Waals surface area contributed by atoms with Crippen molar-refractivity contribution in [3.8, 4) is 11.3 Å². The average Bonchev–Trinajstić information content (AvgIpc) is 3.55. The first-order chi connectivity index (χ1) is 14.8. The van der Waals surface area contributed by atoms with E-state index >= 15 is 0 Å². The van der Waals surface area contributed by atoms with E-state index in [0.29, 0.717) is 35.9 Å². The number of nitrogens with one attached hydrogen (secondary N) is 1. The molecule has 4 heterocycles. The van der Waals surface area contributed by atoms with Crippen molar-refractivity contribution in [1.29, 1.82) is 0 Å². The third kappa shape index (κ3) is 3.70. The Labute approximate surface area is 174 Å². The van der Waals surface area contributed by atoms with Crippen LogP contribution in [0, 0.1) is 5.92 Å². The van der Waals surface area contributed by atoms with Crippen molar-refractivity contribution in [3.05, 3.63) is 66.5 Å². The summed E-state index contributed by atoms with van der Waals surface area (Å²) in [5.41, 5.74) is 2.79. The van der Waals surface area contributed by atoms with E-state index in [1.54, 1.807) is 29.5 Å². The number of rotatable bonds is 6. The fourth-order valence-corrected chi connectivity index (χ4v) is 4.11. The molecular weight excluding hydrogens is 378 g/mol. The van der Waals surface area contributed by atoms with Gasteiger partial charge >= 0.3 is 0 Å². The van der Waals surface area contributed by atoms with E-state index in [1.165, 1.54) is 25.7 Å². The minimum absolute atomic E-state index is 0.0861. The van der Waals surface area contributed by atoms with E-state index in [2.05, 4.69) is 15.4 Å². The summed E-state index contributed by atoms with van der Waals surface area (Å²) in [5.74, 6) is 1.27. The zero-order valence-electron chi connectivity index (χ0n) is 16.6. The normalized spacial score (nSPS) is 14.4. The molecule has 0 unspecified atom stereocenters. The minimum Gasteiger partial charge on any atom is -0.467 e. The average molecular weight is 401 g/mol. The molecule has 0 radical (unpaired) electrons. The first-order valence-corrected chi connectivity index (χ1v) is 10.4. The number of carbonyl (C=O) groups is 1. The number of nitrogens with zero attached hydrogens (tertiary/aromatic N) is 4. The van der Waals surface area contributed by atoms with Gasteiger partial charge in [-0.15, -0.1) is 0 Å². The largest absolute Gasteiger partial charge is 0.467 e. The van der Waals surface area contributed by atoms with Crippen molar-refractivity contribution < 1.29 is 9.21 Å². The molecule has 7 nitrogen and oxygen atoms in total. The molecule has 0 bridgehead atoms. The molecule has 1 amide bonds. The molecule has 5 rings (SSSR count). The van der Waals surface area contributed by atoms with Gasteiger partial charge in [-0.2, -0.15) is 5.10 Å². The van der Waals surface area contributed by atoms with Crippen molar-refractivity contribution in [2.45, 2.75) is 32.2 Å². The lowest BCUT2D eigenvalue weighted by Gasteiger charge is -2.12. The van der Waals surface area contributed by atoms with Gasteiger partial charge in [0, 0.05) is 24.5 Å². The zero-order chi connectivity index (χ0) is 20.3. The van der Waals surface area contributed by atoms with Gasteiger partial charge in [-0.25, -0.2) is 9.67 Å². The Balaban J connectivity index is 1.53. The van der Waals surface area contributed by atoms with Crippen molar-refractivity contribution in [3.63, 3.8) is 0 Å². The number of aromatic nitrogens is 4. The van der Waals surface area contributed by atoms with Crippen LogP contribution in [0.4, 0.5) is 0 Å². The molecule has 1 fully saturated rings. The molecule has 30 heavy (non-hydrogen) atoms. The highest BCUT2D eigenvalue weighted by molar-refractivity contribution is 6.06. The highest BCUT2D eigenvalue weighted by atomic mass is 16.3. The Morgan fingerprint density at radius 1 is 1.20 bits per heavy atom. The van der Waals surface area contributed by atoms with Gasteiger partial charge in [-0.05, 0) is 49.1 Å². The Kier molecular flexibility index (Phi) is 5.01. The second-order valence-electron chi connectivity index (χ2n) is 7.78. The molecule has 0 aliphatic heterocycles. The summed E-state index contributed by atoms with van der Waals surface area (Å²) in [4.78, 5) is 22.1. The van der Waals surface area contributed by atoms with Crippen LogP contribution in [0.1, 0.15) is 41.8 Å². The van der Waals surface area contributed by atoms with Gasteiger partial charge in [0.25, 0.3) is 5.91 Å². The van der Waals surface area contributed by atoms with Crippen molar-refractivity contribution in [2.75, 3.05) is 6.54 Å². The molecule has 4 aromatic rings. The van der Waals surface area contributed by atoms with Crippen LogP contribution in [0.25, 0.3) is 22.3 Å². The predicted molar refractivity (Wildman–Crippen MR) is 113 cm³/mol. The van der Waals surface area contributed by atoms with Gasteiger partial charge in [0.1, 0.15) is 12.3 Å². The summed E-state index contributed by atoms with van der Waals surface area (Å²) in [6.45, 7) is 1.16. The second-order valence-corrected chi connectivity index (χ2v) is 7.78. The summed E-state index contributed by atoms with van der Waals surface area (Å²) < 4.78 is 7.23. The molecule has 1 aliphatic rings. The van der Waals surface area contributed by atoms with Crippen molar-refractivity contribution in [1.82, 2.24) is 25.1 Å². The first-order valence-electron chi connectivity index (χ1n) is 10.4. The number of furan rings is 1. The molecule has 1 aliphatic carbocycles. The molecule has 1 N–H and O–H groups in total. The number of carbonyl (C=O) groups excluding carboxylic acids is 1. The summed E-state index contributed by atoms with van der Waals surface area (Å²) >= 11 is 0. The third-order valence-corrected chi connectivity index (χ3v) is 5.72. The van der Waals surface area contributed by atoms with Crippen LogP contribution in [0.3, 0.4) is 0 Å². The number of pyridine rings is 2. The number of hydrogen-bond acceptors (Lipinski definition) is 5. The molecule has 152 valence electrons. The summed E-state index contributed by atoms with van der Waals surface area (Å²) in [6, 6.07) is 9.38. The van der Waals surface area contributed by atoms with Gasteiger partial charge in [0.15, 0.2) is 5.65 Å². The Hall–Kier alpha value is -3.48. The smallest absolute Gasteiger partial charge is 0.252 e. The Morgan fingerprint density at radius 3 is 2.87 bits per heavy atom. The van der Waals surface area contributed by atoms with Gasteiger partial charge < -0.3 is 9.73 Å². The van der Waals surface area contributed by atoms with Gasteiger partial charge in [0.2, 0.25) is 0 Å². The minimum atomic E-state index is -0.0861. The second kappa shape index (κ2) is 8.10. The number of fused-ring (bicyclic) bond motifs is 1. The van der Waals surface area contributed by atoms with Crippen LogP contribution in [0.5, 0.6) is 0 Å². The van der Waals surface area contributed by atoms with Crippen LogP contribution in [-0.4, -0.2) is 32.2 Å².